The van der Waals surface area contributed by atoms with Crippen LogP contribution in [-0.2, 0) is 6.54 Å². The lowest BCUT2D eigenvalue weighted by atomic mass is 10.2. The number of aliphatic hydroxyl groups is 1. The maximum atomic E-state index is 10.2. The SMILES string of the molecule is Cc1noc(C(C)N2CCN(CC(O)Cn3cccn3)CC2)n1. The van der Waals surface area contributed by atoms with Gasteiger partial charge in [0.1, 0.15) is 0 Å². The molecule has 1 fully saturated rings. The minimum Gasteiger partial charge on any atom is -0.390 e. The van der Waals surface area contributed by atoms with Crippen LogP contribution >= 0.6 is 0 Å². The summed E-state index contributed by atoms with van der Waals surface area (Å²) in [5.41, 5.74) is 0. The average molecular weight is 320 g/mol. The molecule has 2 atom stereocenters. The minimum absolute atomic E-state index is 0.132. The molecule has 1 aliphatic rings. The van der Waals surface area contributed by atoms with E-state index < -0.39 is 6.10 Å². The number of rotatable bonds is 6. The van der Waals surface area contributed by atoms with Crippen molar-refractivity contribution in [3.63, 3.8) is 0 Å². The number of aromatic nitrogens is 4. The fourth-order valence-electron chi connectivity index (χ4n) is 2.95. The van der Waals surface area contributed by atoms with Crippen LogP contribution in [0.3, 0.4) is 0 Å². The van der Waals surface area contributed by atoms with E-state index in [4.69, 9.17) is 4.52 Å². The summed E-state index contributed by atoms with van der Waals surface area (Å²) in [4.78, 5) is 8.94. The van der Waals surface area contributed by atoms with E-state index >= 15 is 0 Å². The van der Waals surface area contributed by atoms with Crippen LogP contribution in [0.2, 0.25) is 0 Å². The molecule has 0 spiro atoms. The summed E-state index contributed by atoms with van der Waals surface area (Å²) >= 11 is 0. The van der Waals surface area contributed by atoms with Crippen LogP contribution in [0.1, 0.15) is 24.7 Å². The van der Waals surface area contributed by atoms with Crippen LogP contribution in [0.5, 0.6) is 0 Å². The van der Waals surface area contributed by atoms with Crippen molar-refractivity contribution in [1.82, 2.24) is 29.7 Å². The molecule has 0 radical (unpaired) electrons. The maximum absolute atomic E-state index is 10.2. The number of hydrogen-bond donors (Lipinski definition) is 1. The van der Waals surface area contributed by atoms with Gasteiger partial charge in [0, 0.05) is 45.1 Å². The first-order valence-corrected chi connectivity index (χ1v) is 8.04. The van der Waals surface area contributed by atoms with E-state index in [0.29, 0.717) is 24.8 Å². The van der Waals surface area contributed by atoms with Crippen LogP contribution in [0, 0.1) is 6.92 Å². The highest BCUT2D eigenvalue weighted by Gasteiger charge is 2.26. The highest BCUT2D eigenvalue weighted by atomic mass is 16.5. The molecule has 8 heteroatoms. The lowest BCUT2D eigenvalue weighted by Crippen LogP contribution is -2.49. The Bertz CT molecular complexity index is 591. The van der Waals surface area contributed by atoms with E-state index in [9.17, 15) is 5.11 Å². The van der Waals surface area contributed by atoms with Crippen LogP contribution in [0.4, 0.5) is 0 Å². The van der Waals surface area contributed by atoms with Crippen LogP contribution in [0.25, 0.3) is 0 Å². The Balaban J connectivity index is 1.44. The van der Waals surface area contributed by atoms with Gasteiger partial charge in [0.25, 0.3) is 0 Å². The maximum Gasteiger partial charge on any atom is 0.243 e. The first-order valence-electron chi connectivity index (χ1n) is 8.04. The smallest absolute Gasteiger partial charge is 0.243 e. The van der Waals surface area contributed by atoms with Crippen molar-refractivity contribution in [2.45, 2.75) is 32.5 Å². The first-order chi connectivity index (χ1) is 11.1. The second-order valence-electron chi connectivity index (χ2n) is 6.07. The van der Waals surface area contributed by atoms with Gasteiger partial charge in [0.15, 0.2) is 5.82 Å². The Hall–Kier alpha value is -1.77. The van der Waals surface area contributed by atoms with Gasteiger partial charge in [0.05, 0.1) is 18.7 Å². The van der Waals surface area contributed by atoms with Crippen LogP contribution in [0.15, 0.2) is 23.0 Å². The molecule has 1 N–H and O–H groups in total. The van der Waals surface area contributed by atoms with Crippen molar-refractivity contribution in [3.8, 4) is 0 Å². The number of nitrogens with zero attached hydrogens (tertiary/aromatic N) is 6. The third kappa shape index (κ3) is 4.15. The molecule has 0 amide bonds. The van der Waals surface area contributed by atoms with Crippen molar-refractivity contribution >= 4 is 0 Å². The molecule has 23 heavy (non-hydrogen) atoms. The number of aliphatic hydroxyl groups excluding tert-OH is 1. The van der Waals surface area contributed by atoms with Crippen LogP contribution < -0.4 is 0 Å². The van der Waals surface area contributed by atoms with Gasteiger partial charge in [-0.05, 0) is 19.9 Å². The van der Waals surface area contributed by atoms with E-state index in [1.165, 1.54) is 0 Å². The molecule has 0 aliphatic carbocycles. The molecule has 0 aromatic carbocycles. The molecule has 0 saturated carbocycles. The van der Waals surface area contributed by atoms with Gasteiger partial charge < -0.3 is 9.63 Å². The quantitative estimate of drug-likeness (QED) is 0.820. The zero-order valence-electron chi connectivity index (χ0n) is 13.7. The van der Waals surface area contributed by atoms with Crippen molar-refractivity contribution in [2.75, 3.05) is 32.7 Å². The van der Waals surface area contributed by atoms with Gasteiger partial charge in [-0.2, -0.15) is 10.1 Å². The molecule has 1 aliphatic heterocycles. The van der Waals surface area contributed by atoms with E-state index in [-0.39, 0.29) is 6.04 Å². The van der Waals surface area contributed by atoms with Crippen molar-refractivity contribution in [1.29, 1.82) is 0 Å². The monoisotopic (exact) mass is 320 g/mol. The molecule has 8 nitrogen and oxygen atoms in total. The second-order valence-corrected chi connectivity index (χ2v) is 6.07. The molecular weight excluding hydrogens is 296 g/mol. The molecule has 3 rings (SSSR count). The number of aryl methyl sites for hydroxylation is 1. The summed E-state index contributed by atoms with van der Waals surface area (Å²) in [5, 5.41) is 18.2. The third-order valence-corrected chi connectivity index (χ3v) is 4.28. The Labute approximate surface area is 135 Å². The van der Waals surface area contributed by atoms with E-state index in [1.54, 1.807) is 10.9 Å². The topological polar surface area (TPSA) is 83.5 Å². The number of hydrogen-bond acceptors (Lipinski definition) is 7. The van der Waals surface area contributed by atoms with E-state index in [2.05, 4.69) is 32.0 Å². The summed E-state index contributed by atoms with van der Waals surface area (Å²) in [5.74, 6) is 1.35. The lowest BCUT2D eigenvalue weighted by molar-refractivity contribution is 0.0459. The van der Waals surface area contributed by atoms with Crippen molar-refractivity contribution in [3.05, 3.63) is 30.2 Å². The summed E-state index contributed by atoms with van der Waals surface area (Å²) in [6.07, 6.45) is 3.19. The average Bonchev–Trinajstić information content (AvgIpc) is 3.19. The van der Waals surface area contributed by atoms with Gasteiger partial charge in [-0.25, -0.2) is 0 Å². The first kappa shape index (κ1) is 16.1. The van der Waals surface area contributed by atoms with Crippen molar-refractivity contribution in [2.24, 2.45) is 0 Å². The van der Waals surface area contributed by atoms with E-state index in [0.717, 1.165) is 26.2 Å². The minimum atomic E-state index is -0.405. The molecule has 3 heterocycles. The van der Waals surface area contributed by atoms with Gasteiger partial charge in [-0.15, -0.1) is 0 Å². The molecular formula is C15H24N6O2. The molecule has 2 aromatic heterocycles. The third-order valence-electron chi connectivity index (χ3n) is 4.28. The molecule has 126 valence electrons. The van der Waals surface area contributed by atoms with Crippen molar-refractivity contribution < 1.29 is 9.63 Å². The summed E-state index contributed by atoms with van der Waals surface area (Å²) in [6, 6.07) is 2.00. The summed E-state index contributed by atoms with van der Waals surface area (Å²) in [7, 11) is 0. The number of β-amino-alcohol motifs (C(OH)–C–C–N with tert-alkyl or cyclic N) is 1. The van der Waals surface area contributed by atoms with Gasteiger partial charge in [0.2, 0.25) is 5.89 Å². The summed E-state index contributed by atoms with van der Waals surface area (Å²) in [6.45, 7) is 8.83. The van der Waals surface area contributed by atoms with E-state index in [1.807, 2.05) is 19.2 Å². The Morgan fingerprint density at radius 2 is 2.04 bits per heavy atom. The number of piperazine rings is 1. The molecule has 1 saturated heterocycles. The highest BCUT2D eigenvalue weighted by molar-refractivity contribution is 4.92. The predicted molar refractivity (Wildman–Crippen MR) is 83.7 cm³/mol. The molecule has 2 aromatic rings. The zero-order valence-corrected chi connectivity index (χ0v) is 13.7. The molecule has 0 bridgehead atoms. The Morgan fingerprint density at radius 1 is 1.26 bits per heavy atom. The normalized spacial score (nSPS) is 19.8. The van der Waals surface area contributed by atoms with Gasteiger partial charge in [-0.1, -0.05) is 5.16 Å². The van der Waals surface area contributed by atoms with Gasteiger partial charge in [-0.3, -0.25) is 14.5 Å². The predicted octanol–water partition coefficient (Wildman–Crippen LogP) is 0.314. The van der Waals surface area contributed by atoms with Crippen LogP contribution in [-0.4, -0.2) is 73.7 Å². The largest absolute Gasteiger partial charge is 0.390 e. The fourth-order valence-corrected chi connectivity index (χ4v) is 2.95. The molecule has 2 unspecified atom stereocenters. The van der Waals surface area contributed by atoms with Gasteiger partial charge >= 0.3 is 0 Å². The highest BCUT2D eigenvalue weighted by Crippen LogP contribution is 2.20. The fraction of sp³-hybridized carbons (Fsp3) is 0.667. The standard InChI is InChI=1S/C15H24N6O2/c1-12(15-17-13(2)18-23-15)20-8-6-19(7-9-20)10-14(22)11-21-5-3-4-16-21/h3-5,12,14,22H,6-11H2,1-2H3. The Kier molecular flexibility index (Phi) is 5.04. The Morgan fingerprint density at radius 3 is 2.65 bits per heavy atom. The zero-order chi connectivity index (χ0) is 16.2. The lowest BCUT2D eigenvalue weighted by Gasteiger charge is -2.37. The second kappa shape index (κ2) is 7.20. The summed E-state index contributed by atoms with van der Waals surface area (Å²) < 4.78 is 7.03.